The minimum Gasteiger partial charge on any atom is -0.384 e. The summed E-state index contributed by atoms with van der Waals surface area (Å²) in [6, 6.07) is 5.61. The normalized spacial score (nSPS) is 10.6. The molecule has 100 valence electrons. The van der Waals surface area contributed by atoms with E-state index in [9.17, 15) is 0 Å². The molecule has 2 N–H and O–H groups in total. The van der Waals surface area contributed by atoms with Gasteiger partial charge in [-0.25, -0.2) is 9.97 Å². The van der Waals surface area contributed by atoms with Crippen LogP contribution < -0.4 is 5.73 Å². The van der Waals surface area contributed by atoms with Crippen molar-refractivity contribution in [3.05, 3.63) is 40.8 Å². The topological polar surface area (TPSA) is 64.7 Å². The first-order valence-electron chi connectivity index (χ1n) is 6.04. The number of rotatable bonds is 5. The second-order valence-electron chi connectivity index (χ2n) is 4.05. The monoisotopic (exact) mass is 294 g/mol. The van der Waals surface area contributed by atoms with E-state index in [0.29, 0.717) is 16.1 Å². The molecule has 19 heavy (non-hydrogen) atoms. The molecule has 0 spiro atoms. The van der Waals surface area contributed by atoms with Crippen LogP contribution in [0.1, 0.15) is 24.6 Å². The number of thioether (sulfide) groups is 1. The van der Waals surface area contributed by atoms with Crippen LogP contribution in [0.5, 0.6) is 0 Å². The number of aromatic nitrogens is 3. The summed E-state index contributed by atoms with van der Waals surface area (Å²) in [4.78, 5) is 12.7. The first-order valence-corrected chi connectivity index (χ1v) is 7.41. The van der Waals surface area contributed by atoms with Crippen molar-refractivity contribution in [3.8, 4) is 0 Å². The third kappa shape index (κ3) is 4.08. The molecular weight excluding hydrogens is 280 g/mol. The molecule has 2 rings (SSSR count). The van der Waals surface area contributed by atoms with Crippen LogP contribution in [-0.2, 0) is 12.2 Å². The van der Waals surface area contributed by atoms with Gasteiger partial charge in [0.25, 0.3) is 0 Å². The van der Waals surface area contributed by atoms with E-state index in [1.807, 2.05) is 12.3 Å². The lowest BCUT2D eigenvalue weighted by atomic mass is 10.1. The molecule has 0 amide bonds. The van der Waals surface area contributed by atoms with E-state index >= 15 is 0 Å². The van der Waals surface area contributed by atoms with Crippen molar-refractivity contribution in [2.75, 3.05) is 5.73 Å². The van der Waals surface area contributed by atoms with Gasteiger partial charge in [-0.05, 0) is 18.1 Å². The highest BCUT2D eigenvalue weighted by Gasteiger charge is 2.06. The molecule has 2 aromatic heterocycles. The molecule has 0 fully saturated rings. The van der Waals surface area contributed by atoms with Crippen LogP contribution in [0.25, 0.3) is 0 Å². The van der Waals surface area contributed by atoms with Gasteiger partial charge in [-0.2, -0.15) is 0 Å². The largest absolute Gasteiger partial charge is 0.384 e. The number of pyridine rings is 1. The average Bonchev–Trinajstić information content (AvgIpc) is 2.37. The molecular formula is C13H15ClN4S. The van der Waals surface area contributed by atoms with Crippen molar-refractivity contribution < 1.29 is 0 Å². The van der Waals surface area contributed by atoms with Crippen LogP contribution in [0.2, 0.25) is 5.15 Å². The Morgan fingerprint density at radius 3 is 2.95 bits per heavy atom. The summed E-state index contributed by atoms with van der Waals surface area (Å²) in [5.74, 6) is 1.10. The Kier molecular flexibility index (Phi) is 4.99. The lowest BCUT2D eigenvalue weighted by Crippen LogP contribution is -1.98. The highest BCUT2D eigenvalue weighted by Crippen LogP contribution is 2.23. The van der Waals surface area contributed by atoms with Gasteiger partial charge in [0.1, 0.15) is 11.0 Å². The van der Waals surface area contributed by atoms with Gasteiger partial charge in [0.2, 0.25) is 0 Å². The summed E-state index contributed by atoms with van der Waals surface area (Å²) in [5, 5.41) is 0.947. The molecule has 4 nitrogen and oxygen atoms in total. The fraction of sp³-hybridized carbons (Fsp3) is 0.308. The zero-order chi connectivity index (χ0) is 13.7. The number of hydrogen-bond acceptors (Lipinski definition) is 5. The number of nitrogen functional groups attached to an aromatic ring is 1. The van der Waals surface area contributed by atoms with Crippen LogP contribution in [0.3, 0.4) is 0 Å². The van der Waals surface area contributed by atoms with Gasteiger partial charge in [-0.3, -0.25) is 4.98 Å². The van der Waals surface area contributed by atoms with E-state index in [-0.39, 0.29) is 0 Å². The highest BCUT2D eigenvalue weighted by molar-refractivity contribution is 7.98. The van der Waals surface area contributed by atoms with Crippen LogP contribution in [-0.4, -0.2) is 15.0 Å². The summed E-state index contributed by atoms with van der Waals surface area (Å²) < 4.78 is 0. The minimum absolute atomic E-state index is 0.366. The fourth-order valence-corrected chi connectivity index (χ4v) is 2.81. The molecule has 0 aliphatic rings. The standard InChI is InChI=1S/C13H15ClN4S/c1-2-4-9-5-3-6-16-10(9)8-19-13-17-11(14)7-12(15)18-13/h3,5-7H,2,4,8H2,1H3,(H2,15,17,18). The van der Waals surface area contributed by atoms with Crippen LogP contribution in [0, 0.1) is 0 Å². The Bertz CT molecular complexity index is 542. The average molecular weight is 295 g/mol. The number of hydrogen-bond donors (Lipinski definition) is 1. The van der Waals surface area contributed by atoms with Gasteiger partial charge >= 0.3 is 0 Å². The summed E-state index contributed by atoms with van der Waals surface area (Å²) >= 11 is 7.35. The van der Waals surface area contributed by atoms with Crippen molar-refractivity contribution in [2.24, 2.45) is 0 Å². The summed E-state index contributed by atoms with van der Waals surface area (Å²) in [6.07, 6.45) is 3.94. The van der Waals surface area contributed by atoms with E-state index in [1.54, 1.807) is 0 Å². The number of halogens is 1. The van der Waals surface area contributed by atoms with Gasteiger partial charge in [0, 0.05) is 18.0 Å². The van der Waals surface area contributed by atoms with Gasteiger partial charge in [-0.1, -0.05) is 42.8 Å². The molecule has 0 atom stereocenters. The Morgan fingerprint density at radius 2 is 2.21 bits per heavy atom. The van der Waals surface area contributed by atoms with Crippen molar-refractivity contribution in [1.82, 2.24) is 15.0 Å². The van der Waals surface area contributed by atoms with Crippen molar-refractivity contribution in [3.63, 3.8) is 0 Å². The minimum atomic E-state index is 0.366. The summed E-state index contributed by atoms with van der Waals surface area (Å²) in [7, 11) is 0. The van der Waals surface area contributed by atoms with Crippen LogP contribution in [0.4, 0.5) is 5.82 Å². The van der Waals surface area contributed by atoms with Gasteiger partial charge in [0.15, 0.2) is 5.16 Å². The van der Waals surface area contributed by atoms with Gasteiger partial charge in [-0.15, -0.1) is 0 Å². The first kappa shape index (κ1) is 14.1. The van der Waals surface area contributed by atoms with Gasteiger partial charge < -0.3 is 5.73 Å². The van der Waals surface area contributed by atoms with E-state index in [0.717, 1.165) is 24.3 Å². The van der Waals surface area contributed by atoms with Crippen LogP contribution >= 0.6 is 23.4 Å². The SMILES string of the molecule is CCCc1cccnc1CSc1nc(N)cc(Cl)n1. The zero-order valence-electron chi connectivity index (χ0n) is 10.6. The molecule has 0 saturated heterocycles. The second kappa shape index (κ2) is 6.73. The maximum absolute atomic E-state index is 5.85. The van der Waals surface area contributed by atoms with Crippen molar-refractivity contribution >= 4 is 29.2 Å². The Balaban J connectivity index is 2.09. The molecule has 0 saturated carbocycles. The van der Waals surface area contributed by atoms with Crippen molar-refractivity contribution in [2.45, 2.75) is 30.7 Å². The zero-order valence-corrected chi connectivity index (χ0v) is 12.2. The van der Waals surface area contributed by atoms with E-state index < -0.39 is 0 Å². The van der Waals surface area contributed by atoms with Crippen molar-refractivity contribution in [1.29, 1.82) is 0 Å². The lowest BCUT2D eigenvalue weighted by Gasteiger charge is -2.07. The molecule has 2 heterocycles. The lowest BCUT2D eigenvalue weighted by molar-refractivity contribution is 0.894. The Labute approximate surface area is 121 Å². The van der Waals surface area contributed by atoms with Gasteiger partial charge in [0.05, 0.1) is 5.69 Å². The molecule has 0 unspecified atom stereocenters. The summed E-state index contributed by atoms with van der Waals surface area (Å²) in [5.41, 5.74) is 7.98. The third-order valence-electron chi connectivity index (χ3n) is 2.54. The molecule has 0 aliphatic carbocycles. The Morgan fingerprint density at radius 1 is 1.37 bits per heavy atom. The maximum Gasteiger partial charge on any atom is 0.191 e. The molecule has 0 aromatic carbocycles. The number of nitrogens with two attached hydrogens (primary N) is 1. The number of anilines is 1. The number of nitrogens with zero attached hydrogens (tertiary/aromatic N) is 3. The highest BCUT2D eigenvalue weighted by atomic mass is 35.5. The van der Waals surface area contributed by atoms with E-state index in [1.165, 1.54) is 23.4 Å². The quantitative estimate of drug-likeness (QED) is 0.520. The molecule has 0 bridgehead atoms. The predicted molar refractivity (Wildman–Crippen MR) is 79.2 cm³/mol. The summed E-state index contributed by atoms with van der Waals surface area (Å²) in [6.45, 7) is 2.16. The molecule has 0 aliphatic heterocycles. The molecule has 2 aromatic rings. The van der Waals surface area contributed by atoms with E-state index in [2.05, 4.69) is 27.9 Å². The number of aryl methyl sites for hydroxylation is 1. The van der Waals surface area contributed by atoms with E-state index in [4.69, 9.17) is 17.3 Å². The maximum atomic E-state index is 5.85. The predicted octanol–water partition coefficient (Wildman–Crippen LogP) is 3.35. The first-order chi connectivity index (χ1) is 9.19. The Hall–Kier alpha value is -1.33. The fourth-order valence-electron chi connectivity index (χ4n) is 1.71. The third-order valence-corrected chi connectivity index (χ3v) is 3.59. The molecule has 6 heteroatoms. The second-order valence-corrected chi connectivity index (χ2v) is 5.38. The van der Waals surface area contributed by atoms with Crippen LogP contribution in [0.15, 0.2) is 29.6 Å². The molecule has 0 radical (unpaired) electrons. The smallest absolute Gasteiger partial charge is 0.191 e.